The molecule has 0 unspecified atom stereocenters. The van der Waals surface area contributed by atoms with Crippen LogP contribution >= 0.6 is 0 Å². The lowest BCUT2D eigenvalue weighted by Crippen LogP contribution is -2.08. The zero-order chi connectivity index (χ0) is 12.2. The topological polar surface area (TPSA) is 66.9 Å². The summed E-state index contributed by atoms with van der Waals surface area (Å²) in [5.74, 6) is 0. The molecule has 0 saturated carbocycles. The fraction of sp³-hybridized carbons (Fsp3) is 0.417. The molecule has 0 atom stereocenters. The molecular weight excluding hydrogens is 204 g/mol. The van der Waals surface area contributed by atoms with Crippen molar-refractivity contribution >= 4 is 5.69 Å². The molecule has 84 valence electrons. The van der Waals surface area contributed by atoms with Crippen LogP contribution in [0.4, 0.5) is 5.69 Å². The molecule has 0 saturated heterocycles. The number of nitro groups is 1. The Bertz CT molecular complexity index is 416. The first kappa shape index (κ1) is 12.2. The number of hydrogen-bond donors (Lipinski definition) is 0. The standard InChI is InChI=1S/C12H14N2O2/c1-12(2,9-13)8-7-10-3-5-11(6-4-10)14(15)16/h3-6H,7-8H2,1-2H3. The van der Waals surface area contributed by atoms with Crippen molar-refractivity contribution in [3.63, 3.8) is 0 Å². The highest BCUT2D eigenvalue weighted by atomic mass is 16.6. The minimum absolute atomic E-state index is 0.100. The third kappa shape index (κ3) is 3.35. The van der Waals surface area contributed by atoms with Crippen LogP contribution in [0.5, 0.6) is 0 Å². The van der Waals surface area contributed by atoms with E-state index in [1.807, 2.05) is 13.8 Å². The molecular formula is C12H14N2O2. The average Bonchev–Trinajstić information content (AvgIpc) is 2.27. The van der Waals surface area contributed by atoms with E-state index in [-0.39, 0.29) is 11.1 Å². The van der Waals surface area contributed by atoms with Gasteiger partial charge < -0.3 is 0 Å². The molecule has 0 aliphatic rings. The number of nitriles is 1. The maximum Gasteiger partial charge on any atom is 0.269 e. The van der Waals surface area contributed by atoms with Crippen LogP contribution in [-0.4, -0.2) is 4.92 Å². The Morgan fingerprint density at radius 2 is 1.94 bits per heavy atom. The van der Waals surface area contributed by atoms with Crippen LogP contribution in [0.3, 0.4) is 0 Å². The molecule has 0 bridgehead atoms. The molecule has 0 aliphatic carbocycles. The van der Waals surface area contributed by atoms with Crippen LogP contribution in [0.25, 0.3) is 0 Å². The van der Waals surface area contributed by atoms with E-state index in [0.717, 1.165) is 18.4 Å². The van der Waals surface area contributed by atoms with Crippen molar-refractivity contribution in [2.45, 2.75) is 26.7 Å². The lowest BCUT2D eigenvalue weighted by Gasteiger charge is -2.14. The highest BCUT2D eigenvalue weighted by Gasteiger charge is 2.16. The Hall–Kier alpha value is -1.89. The molecule has 16 heavy (non-hydrogen) atoms. The molecule has 0 aliphatic heterocycles. The molecule has 1 aromatic rings. The van der Waals surface area contributed by atoms with Crippen molar-refractivity contribution < 1.29 is 4.92 Å². The van der Waals surface area contributed by atoms with Crippen molar-refractivity contribution in [2.24, 2.45) is 5.41 Å². The molecule has 0 heterocycles. The van der Waals surface area contributed by atoms with Gasteiger partial charge in [-0.3, -0.25) is 10.1 Å². The molecule has 0 N–H and O–H groups in total. The van der Waals surface area contributed by atoms with E-state index in [0.29, 0.717) is 0 Å². The summed E-state index contributed by atoms with van der Waals surface area (Å²) < 4.78 is 0. The van der Waals surface area contributed by atoms with Gasteiger partial charge in [-0.25, -0.2) is 0 Å². The van der Waals surface area contributed by atoms with E-state index in [4.69, 9.17) is 5.26 Å². The predicted octanol–water partition coefficient (Wildman–Crippen LogP) is 3.08. The normalized spacial score (nSPS) is 10.8. The smallest absolute Gasteiger partial charge is 0.258 e. The van der Waals surface area contributed by atoms with E-state index in [2.05, 4.69) is 6.07 Å². The van der Waals surface area contributed by atoms with Gasteiger partial charge in [0.05, 0.1) is 16.4 Å². The zero-order valence-corrected chi connectivity index (χ0v) is 9.43. The molecule has 1 aromatic carbocycles. The highest BCUT2D eigenvalue weighted by Crippen LogP contribution is 2.22. The van der Waals surface area contributed by atoms with Gasteiger partial charge in [-0.05, 0) is 32.3 Å². The molecule has 0 fully saturated rings. The van der Waals surface area contributed by atoms with Gasteiger partial charge in [0.1, 0.15) is 0 Å². The van der Waals surface area contributed by atoms with Crippen molar-refractivity contribution in [3.05, 3.63) is 39.9 Å². The summed E-state index contributed by atoms with van der Waals surface area (Å²) in [6.07, 6.45) is 1.51. The Morgan fingerprint density at radius 3 is 2.38 bits per heavy atom. The first-order valence-electron chi connectivity index (χ1n) is 5.09. The van der Waals surface area contributed by atoms with Crippen LogP contribution < -0.4 is 0 Å². The van der Waals surface area contributed by atoms with Crippen LogP contribution in [0.2, 0.25) is 0 Å². The van der Waals surface area contributed by atoms with Gasteiger partial charge in [-0.2, -0.15) is 5.26 Å². The number of rotatable bonds is 4. The van der Waals surface area contributed by atoms with Crippen molar-refractivity contribution in [1.82, 2.24) is 0 Å². The van der Waals surface area contributed by atoms with Gasteiger partial charge in [-0.1, -0.05) is 12.1 Å². The summed E-state index contributed by atoms with van der Waals surface area (Å²) >= 11 is 0. The van der Waals surface area contributed by atoms with E-state index >= 15 is 0 Å². The van der Waals surface area contributed by atoms with E-state index < -0.39 is 4.92 Å². The Balaban J connectivity index is 2.64. The first-order chi connectivity index (χ1) is 7.44. The molecule has 0 aromatic heterocycles. The van der Waals surface area contributed by atoms with E-state index in [1.54, 1.807) is 12.1 Å². The summed E-state index contributed by atoms with van der Waals surface area (Å²) in [5, 5.41) is 19.3. The molecule has 0 amide bonds. The Morgan fingerprint density at radius 1 is 1.38 bits per heavy atom. The van der Waals surface area contributed by atoms with E-state index in [1.165, 1.54) is 12.1 Å². The molecule has 0 spiro atoms. The maximum absolute atomic E-state index is 10.4. The van der Waals surface area contributed by atoms with Crippen LogP contribution in [0.1, 0.15) is 25.8 Å². The predicted molar refractivity (Wildman–Crippen MR) is 60.8 cm³/mol. The van der Waals surface area contributed by atoms with Crippen molar-refractivity contribution in [3.8, 4) is 6.07 Å². The second-order valence-corrected chi connectivity index (χ2v) is 4.42. The monoisotopic (exact) mass is 218 g/mol. The lowest BCUT2D eigenvalue weighted by atomic mass is 9.88. The van der Waals surface area contributed by atoms with Gasteiger partial charge in [0, 0.05) is 12.1 Å². The fourth-order valence-corrected chi connectivity index (χ4v) is 1.30. The third-order valence-corrected chi connectivity index (χ3v) is 2.49. The Kier molecular flexibility index (Phi) is 3.62. The highest BCUT2D eigenvalue weighted by molar-refractivity contribution is 5.32. The number of aryl methyl sites for hydroxylation is 1. The Labute approximate surface area is 94.7 Å². The quantitative estimate of drug-likeness (QED) is 0.576. The van der Waals surface area contributed by atoms with Crippen molar-refractivity contribution in [1.29, 1.82) is 5.26 Å². The second kappa shape index (κ2) is 4.75. The number of non-ortho nitro benzene ring substituents is 1. The zero-order valence-electron chi connectivity index (χ0n) is 9.43. The van der Waals surface area contributed by atoms with Gasteiger partial charge >= 0.3 is 0 Å². The third-order valence-electron chi connectivity index (χ3n) is 2.49. The fourth-order valence-electron chi connectivity index (χ4n) is 1.30. The molecule has 1 rings (SSSR count). The van der Waals surface area contributed by atoms with Crippen molar-refractivity contribution in [2.75, 3.05) is 0 Å². The summed E-state index contributed by atoms with van der Waals surface area (Å²) in [5.41, 5.74) is 0.777. The number of nitro benzene ring substituents is 1. The largest absolute Gasteiger partial charge is 0.269 e. The summed E-state index contributed by atoms with van der Waals surface area (Å²) in [4.78, 5) is 10.0. The van der Waals surface area contributed by atoms with E-state index in [9.17, 15) is 10.1 Å². The van der Waals surface area contributed by atoms with Crippen LogP contribution in [-0.2, 0) is 6.42 Å². The van der Waals surface area contributed by atoms with Crippen LogP contribution in [0.15, 0.2) is 24.3 Å². The lowest BCUT2D eigenvalue weighted by molar-refractivity contribution is -0.384. The maximum atomic E-state index is 10.4. The SMILES string of the molecule is CC(C)(C#N)CCc1ccc([N+](=O)[O-])cc1. The van der Waals surface area contributed by atoms with Crippen LogP contribution in [0, 0.1) is 26.9 Å². The minimum Gasteiger partial charge on any atom is -0.258 e. The number of benzene rings is 1. The average molecular weight is 218 g/mol. The van der Waals surface area contributed by atoms with Gasteiger partial charge in [0.25, 0.3) is 5.69 Å². The minimum atomic E-state index is -0.414. The first-order valence-corrected chi connectivity index (χ1v) is 5.09. The van der Waals surface area contributed by atoms with Gasteiger partial charge in [0.2, 0.25) is 0 Å². The summed E-state index contributed by atoms with van der Waals surface area (Å²) in [7, 11) is 0. The summed E-state index contributed by atoms with van der Waals surface area (Å²) in [6, 6.07) is 8.71. The number of hydrogen-bond acceptors (Lipinski definition) is 3. The second-order valence-electron chi connectivity index (χ2n) is 4.42. The summed E-state index contributed by atoms with van der Waals surface area (Å²) in [6.45, 7) is 3.77. The van der Waals surface area contributed by atoms with Gasteiger partial charge in [-0.15, -0.1) is 0 Å². The molecule has 4 nitrogen and oxygen atoms in total. The van der Waals surface area contributed by atoms with Gasteiger partial charge in [0.15, 0.2) is 0 Å². The molecule has 0 radical (unpaired) electrons. The number of nitrogens with zero attached hydrogens (tertiary/aromatic N) is 2. The molecule has 4 heteroatoms.